The second kappa shape index (κ2) is 11.4. The summed E-state index contributed by atoms with van der Waals surface area (Å²) in [4.78, 5) is 25.5. The van der Waals surface area contributed by atoms with Gasteiger partial charge in [-0.05, 0) is 70.4 Å². The Morgan fingerprint density at radius 1 is 1.23 bits per heavy atom. The maximum absolute atomic E-state index is 12.3. The second-order valence-electron chi connectivity index (χ2n) is 7.66. The van der Waals surface area contributed by atoms with Gasteiger partial charge in [-0.1, -0.05) is 18.2 Å². The lowest BCUT2D eigenvalue weighted by molar-refractivity contribution is -0.144. The van der Waals surface area contributed by atoms with Crippen molar-refractivity contribution in [3.05, 3.63) is 59.3 Å². The van der Waals surface area contributed by atoms with Crippen molar-refractivity contribution in [2.75, 3.05) is 18.5 Å². The number of hydrogen-bond donors (Lipinski definition) is 1. The van der Waals surface area contributed by atoms with Gasteiger partial charge in [0.2, 0.25) is 0 Å². The summed E-state index contributed by atoms with van der Waals surface area (Å²) < 4.78 is 5.23. The van der Waals surface area contributed by atoms with E-state index in [-0.39, 0.29) is 11.9 Å². The number of nitrogens with one attached hydrogen (secondary N) is 1. The predicted octanol–water partition coefficient (Wildman–Crippen LogP) is 4.54. The van der Waals surface area contributed by atoms with Crippen LogP contribution in [0.15, 0.2) is 36.7 Å². The molecule has 0 aromatic carbocycles. The molecule has 1 aliphatic heterocycles. The number of pyridine rings is 1. The molecule has 2 aromatic rings. The number of allylic oxidation sites excluding steroid dienone is 2. The summed E-state index contributed by atoms with van der Waals surface area (Å²) in [6.45, 7) is 5.05. The fourth-order valence-electron chi connectivity index (χ4n) is 3.62. The van der Waals surface area contributed by atoms with Crippen LogP contribution in [0.4, 0.5) is 5.82 Å². The zero-order chi connectivity index (χ0) is 21.2. The van der Waals surface area contributed by atoms with Crippen molar-refractivity contribution in [2.24, 2.45) is 0 Å². The van der Waals surface area contributed by atoms with E-state index >= 15 is 0 Å². The van der Waals surface area contributed by atoms with Crippen molar-refractivity contribution in [3.63, 3.8) is 0 Å². The van der Waals surface area contributed by atoms with Gasteiger partial charge in [-0.3, -0.25) is 4.79 Å². The van der Waals surface area contributed by atoms with Crippen molar-refractivity contribution in [2.45, 2.75) is 64.7 Å². The minimum atomic E-state index is -0.353. The molecule has 1 N–H and O–H groups in total. The fraction of sp³-hybridized carbons (Fsp3) is 0.500. The fourth-order valence-corrected chi connectivity index (χ4v) is 3.62. The number of anilines is 1. The van der Waals surface area contributed by atoms with Crippen LogP contribution in [0.1, 0.15) is 67.6 Å². The van der Waals surface area contributed by atoms with Crippen molar-refractivity contribution >= 4 is 11.8 Å². The number of unbranched alkanes of at least 4 members (excludes halogenated alkanes) is 2. The smallest absolute Gasteiger partial charge is 0.313 e. The average Bonchev–Trinajstić information content (AvgIpc) is 2.76. The first-order valence-electron chi connectivity index (χ1n) is 11.0. The Hall–Kier alpha value is -2.76. The van der Waals surface area contributed by atoms with Gasteiger partial charge in [-0.15, -0.1) is 0 Å². The number of aromatic nitrogens is 3. The minimum Gasteiger partial charge on any atom is -0.466 e. The van der Waals surface area contributed by atoms with Crippen molar-refractivity contribution in [3.8, 4) is 0 Å². The molecule has 30 heavy (non-hydrogen) atoms. The van der Waals surface area contributed by atoms with E-state index in [0.29, 0.717) is 18.9 Å². The molecule has 0 bridgehead atoms. The summed E-state index contributed by atoms with van der Waals surface area (Å²) in [6.07, 6.45) is 14.8. The summed E-state index contributed by atoms with van der Waals surface area (Å²) in [5.41, 5.74) is 3.30. The molecule has 0 aliphatic carbocycles. The molecule has 0 saturated carbocycles. The van der Waals surface area contributed by atoms with E-state index in [0.717, 1.165) is 55.7 Å². The highest BCUT2D eigenvalue weighted by atomic mass is 16.5. The number of ether oxygens (including phenoxy) is 1. The van der Waals surface area contributed by atoms with Crippen LogP contribution in [-0.4, -0.2) is 34.1 Å². The van der Waals surface area contributed by atoms with E-state index in [1.807, 2.05) is 13.8 Å². The van der Waals surface area contributed by atoms with Gasteiger partial charge in [0.15, 0.2) is 0 Å². The first-order chi connectivity index (χ1) is 14.7. The zero-order valence-corrected chi connectivity index (χ0v) is 18.1. The summed E-state index contributed by atoms with van der Waals surface area (Å²) >= 11 is 0. The topological polar surface area (TPSA) is 77.0 Å². The molecule has 0 radical (unpaired) electrons. The van der Waals surface area contributed by atoms with E-state index in [1.54, 1.807) is 12.4 Å². The van der Waals surface area contributed by atoms with Crippen LogP contribution in [0.5, 0.6) is 0 Å². The van der Waals surface area contributed by atoms with E-state index in [9.17, 15) is 4.79 Å². The monoisotopic (exact) mass is 408 g/mol. The lowest BCUT2D eigenvalue weighted by atomic mass is 9.98. The van der Waals surface area contributed by atoms with Gasteiger partial charge in [-0.2, -0.15) is 0 Å². The molecule has 6 nitrogen and oxygen atoms in total. The maximum Gasteiger partial charge on any atom is 0.313 e. The largest absolute Gasteiger partial charge is 0.466 e. The molecular formula is C24H32N4O2. The van der Waals surface area contributed by atoms with Crippen molar-refractivity contribution in [1.82, 2.24) is 15.0 Å². The average molecular weight is 409 g/mol. The maximum atomic E-state index is 12.3. The first-order valence-corrected chi connectivity index (χ1v) is 11.0. The predicted molar refractivity (Wildman–Crippen MR) is 119 cm³/mol. The van der Waals surface area contributed by atoms with E-state index in [4.69, 9.17) is 9.72 Å². The number of carbonyl (C=O) groups excluding carboxylic acids is 1. The van der Waals surface area contributed by atoms with E-state index in [2.05, 4.69) is 39.6 Å². The second-order valence-corrected chi connectivity index (χ2v) is 7.66. The molecule has 3 heterocycles. The summed E-state index contributed by atoms with van der Waals surface area (Å²) in [5.74, 6) is 1.19. The van der Waals surface area contributed by atoms with Crippen LogP contribution < -0.4 is 5.32 Å². The van der Waals surface area contributed by atoms with Crippen LogP contribution in [0, 0.1) is 6.92 Å². The van der Waals surface area contributed by atoms with E-state index < -0.39 is 0 Å². The highest BCUT2D eigenvalue weighted by Gasteiger charge is 2.21. The molecule has 2 aromatic heterocycles. The number of carbonyl (C=O) groups is 1. The van der Waals surface area contributed by atoms with Crippen molar-refractivity contribution in [1.29, 1.82) is 0 Å². The third-order valence-electron chi connectivity index (χ3n) is 5.32. The Balaban J connectivity index is 1.43. The molecule has 6 heteroatoms. The normalized spacial score (nSPS) is 14.2. The molecule has 0 saturated heterocycles. The molecule has 1 aliphatic rings. The highest BCUT2D eigenvalue weighted by Crippen LogP contribution is 2.22. The van der Waals surface area contributed by atoms with E-state index in [1.165, 1.54) is 12.0 Å². The van der Waals surface area contributed by atoms with Crippen LogP contribution in [0.2, 0.25) is 0 Å². The first kappa shape index (κ1) is 21.9. The van der Waals surface area contributed by atoms with Crippen LogP contribution in [0.3, 0.4) is 0 Å². The molecular weight excluding hydrogens is 376 g/mol. The molecule has 3 rings (SSSR count). The number of rotatable bonds is 10. The zero-order valence-electron chi connectivity index (χ0n) is 18.1. The van der Waals surface area contributed by atoms with Gasteiger partial charge >= 0.3 is 5.97 Å². The third kappa shape index (κ3) is 6.37. The highest BCUT2D eigenvalue weighted by molar-refractivity contribution is 5.78. The lowest BCUT2D eigenvalue weighted by Crippen LogP contribution is -2.16. The summed E-state index contributed by atoms with van der Waals surface area (Å²) in [7, 11) is 0. The number of fused-ring (bicyclic) bond motifs is 1. The number of hydrogen-bond acceptors (Lipinski definition) is 6. The molecule has 0 fully saturated rings. The van der Waals surface area contributed by atoms with Crippen LogP contribution >= 0.6 is 0 Å². The molecule has 160 valence electrons. The molecule has 1 atom stereocenters. The van der Waals surface area contributed by atoms with Crippen LogP contribution in [0.25, 0.3) is 0 Å². The Kier molecular flexibility index (Phi) is 8.36. The van der Waals surface area contributed by atoms with Gasteiger partial charge in [0.1, 0.15) is 11.6 Å². The van der Waals surface area contributed by atoms with Gasteiger partial charge in [0.05, 0.1) is 12.5 Å². The standard InChI is InChI=1S/C24H32N4O2/c1-3-30-24(29)22(20-16-26-18(2)27-17-20)12-8-6-4-5-7-11-21-14-13-19-10-9-15-25-23(19)28-21/h6,8,13-14,16-17,22H,3-5,7,9-12,15H2,1-2H3,(H,25,28). The van der Waals surface area contributed by atoms with Crippen molar-refractivity contribution < 1.29 is 9.53 Å². The Labute approximate surface area is 179 Å². The number of nitrogens with zero attached hydrogens (tertiary/aromatic N) is 3. The Morgan fingerprint density at radius 3 is 2.87 bits per heavy atom. The lowest BCUT2D eigenvalue weighted by Gasteiger charge is -2.17. The van der Waals surface area contributed by atoms with Gasteiger partial charge in [0.25, 0.3) is 0 Å². The molecule has 1 unspecified atom stereocenters. The Bertz CT molecular complexity index is 849. The number of aryl methyl sites for hydroxylation is 3. The summed E-state index contributed by atoms with van der Waals surface area (Å²) in [6, 6.07) is 4.38. The molecule has 0 amide bonds. The minimum absolute atomic E-state index is 0.221. The Morgan fingerprint density at radius 2 is 2.07 bits per heavy atom. The quantitative estimate of drug-likeness (QED) is 0.353. The SMILES string of the molecule is CCOC(=O)C(CC=CCCCCc1ccc2c(n1)NCCC2)c1cnc(C)nc1. The van der Waals surface area contributed by atoms with Gasteiger partial charge in [-0.25, -0.2) is 15.0 Å². The van der Waals surface area contributed by atoms with Crippen LogP contribution in [-0.2, 0) is 22.4 Å². The molecule has 0 spiro atoms. The van der Waals surface area contributed by atoms with Gasteiger partial charge in [0, 0.05) is 30.2 Å². The summed E-state index contributed by atoms with van der Waals surface area (Å²) in [5, 5.41) is 3.40. The number of esters is 1. The third-order valence-corrected chi connectivity index (χ3v) is 5.32. The van der Waals surface area contributed by atoms with Gasteiger partial charge < -0.3 is 10.1 Å².